The Morgan fingerprint density at radius 1 is 1.28 bits per heavy atom. The maximum Gasteiger partial charge on any atom is 0.308 e. The summed E-state index contributed by atoms with van der Waals surface area (Å²) in [5, 5.41) is 3.89. The van der Waals surface area contributed by atoms with Crippen molar-refractivity contribution in [3.8, 4) is 5.75 Å². The number of anilines is 4. The van der Waals surface area contributed by atoms with Crippen molar-refractivity contribution in [2.45, 2.75) is 12.8 Å². The van der Waals surface area contributed by atoms with E-state index in [1.54, 1.807) is 7.11 Å². The first kappa shape index (κ1) is 19.2. The monoisotopic (exact) mass is 414 g/mol. The normalized spacial score (nSPS) is 14.8. The van der Waals surface area contributed by atoms with Crippen LogP contribution in [0.1, 0.15) is 12.8 Å². The van der Waals surface area contributed by atoms with Gasteiger partial charge in [0.05, 0.1) is 30.4 Å². The number of nitrogens with two attached hydrogens (primary N) is 1. The molecule has 1 fully saturated rings. The van der Waals surface area contributed by atoms with Crippen LogP contribution in [0.2, 0.25) is 0 Å². The zero-order valence-electron chi connectivity index (χ0n) is 16.2. The van der Waals surface area contributed by atoms with Crippen LogP contribution in [-0.2, 0) is 9.53 Å². The molecule has 0 bridgehead atoms. The van der Waals surface area contributed by atoms with Crippen LogP contribution in [0.4, 0.5) is 22.5 Å². The number of rotatable bonds is 5. The molecule has 0 unspecified atom stereocenters. The van der Waals surface area contributed by atoms with Crippen molar-refractivity contribution in [3.63, 3.8) is 0 Å². The summed E-state index contributed by atoms with van der Waals surface area (Å²) >= 11 is 1.49. The summed E-state index contributed by atoms with van der Waals surface area (Å²) in [7, 11) is 3.06. The van der Waals surface area contributed by atoms with E-state index in [2.05, 4.69) is 25.2 Å². The molecule has 1 aromatic carbocycles. The van der Waals surface area contributed by atoms with Crippen molar-refractivity contribution in [1.82, 2.24) is 15.0 Å². The van der Waals surface area contributed by atoms with Crippen LogP contribution in [0.25, 0.3) is 10.2 Å². The van der Waals surface area contributed by atoms with Crippen LogP contribution in [-0.4, -0.2) is 48.2 Å². The summed E-state index contributed by atoms with van der Waals surface area (Å²) in [6.45, 7) is 1.36. The first-order valence-corrected chi connectivity index (χ1v) is 10.1. The molecule has 3 aromatic rings. The van der Waals surface area contributed by atoms with Gasteiger partial charge < -0.3 is 25.4 Å². The molecule has 3 heterocycles. The fraction of sp³-hybridized carbons (Fsp3) is 0.368. The van der Waals surface area contributed by atoms with Gasteiger partial charge in [0, 0.05) is 13.1 Å². The van der Waals surface area contributed by atoms with Gasteiger partial charge in [0.25, 0.3) is 0 Å². The SMILES string of the molecule is COC(=O)C1CCN(c2ncnc(Nc3nc4ccc(OC)cc4s3)c2N)CC1. The highest BCUT2D eigenvalue weighted by atomic mass is 32.1. The van der Waals surface area contributed by atoms with Crippen LogP contribution in [0, 0.1) is 5.92 Å². The molecule has 9 nitrogen and oxygen atoms in total. The summed E-state index contributed by atoms with van der Waals surface area (Å²) in [6, 6.07) is 5.73. The highest BCUT2D eigenvalue weighted by molar-refractivity contribution is 7.22. The smallest absolute Gasteiger partial charge is 0.308 e. The number of hydrogen-bond donors (Lipinski definition) is 2. The molecule has 0 amide bonds. The first-order chi connectivity index (χ1) is 14.1. The minimum Gasteiger partial charge on any atom is -0.497 e. The van der Waals surface area contributed by atoms with E-state index in [0.29, 0.717) is 48.4 Å². The number of carbonyl (C=O) groups is 1. The summed E-state index contributed by atoms with van der Waals surface area (Å²) < 4.78 is 11.1. The second kappa shape index (κ2) is 8.08. The Morgan fingerprint density at radius 2 is 2.07 bits per heavy atom. The number of thiazole rings is 1. The molecule has 10 heteroatoms. The van der Waals surface area contributed by atoms with Gasteiger partial charge in [-0.15, -0.1) is 0 Å². The number of carbonyl (C=O) groups excluding carboxylic acids is 1. The number of ether oxygens (including phenoxy) is 2. The van der Waals surface area contributed by atoms with E-state index in [1.807, 2.05) is 18.2 Å². The summed E-state index contributed by atoms with van der Waals surface area (Å²) in [6.07, 6.45) is 2.90. The molecule has 1 saturated heterocycles. The predicted molar refractivity (Wildman–Crippen MR) is 113 cm³/mol. The summed E-state index contributed by atoms with van der Waals surface area (Å²) in [4.78, 5) is 27.0. The van der Waals surface area contributed by atoms with E-state index in [4.69, 9.17) is 15.2 Å². The molecule has 0 aliphatic carbocycles. The molecule has 0 spiro atoms. The fourth-order valence-electron chi connectivity index (χ4n) is 3.42. The lowest BCUT2D eigenvalue weighted by Crippen LogP contribution is -2.37. The van der Waals surface area contributed by atoms with Crippen LogP contribution in [0.5, 0.6) is 5.75 Å². The number of esters is 1. The lowest BCUT2D eigenvalue weighted by Gasteiger charge is -2.32. The second-order valence-corrected chi connectivity index (χ2v) is 7.75. The zero-order chi connectivity index (χ0) is 20.4. The van der Waals surface area contributed by atoms with Gasteiger partial charge in [-0.2, -0.15) is 0 Å². The molecule has 29 heavy (non-hydrogen) atoms. The highest BCUT2D eigenvalue weighted by Crippen LogP contribution is 2.34. The van der Waals surface area contributed by atoms with Gasteiger partial charge in [-0.1, -0.05) is 11.3 Å². The number of fused-ring (bicyclic) bond motifs is 1. The summed E-state index contributed by atoms with van der Waals surface area (Å²) in [5.41, 5.74) is 7.69. The third-order valence-corrected chi connectivity index (χ3v) is 5.95. The molecule has 1 aliphatic rings. The van der Waals surface area contributed by atoms with Crippen molar-refractivity contribution in [2.75, 3.05) is 43.3 Å². The maximum absolute atomic E-state index is 11.7. The van der Waals surface area contributed by atoms with E-state index < -0.39 is 0 Å². The number of nitrogen functional groups attached to an aromatic ring is 1. The van der Waals surface area contributed by atoms with E-state index in [-0.39, 0.29) is 11.9 Å². The lowest BCUT2D eigenvalue weighted by atomic mass is 9.97. The number of piperidine rings is 1. The molecular formula is C19H22N6O3S. The number of nitrogens with zero attached hydrogens (tertiary/aromatic N) is 4. The van der Waals surface area contributed by atoms with Crippen LogP contribution < -0.4 is 20.7 Å². The van der Waals surface area contributed by atoms with E-state index in [9.17, 15) is 4.79 Å². The third kappa shape index (κ3) is 3.88. The number of nitrogens with one attached hydrogen (secondary N) is 1. The Bertz CT molecular complexity index is 1030. The largest absolute Gasteiger partial charge is 0.497 e. The van der Waals surface area contributed by atoms with Gasteiger partial charge in [0.15, 0.2) is 16.8 Å². The molecule has 152 valence electrons. The number of aromatic nitrogens is 3. The molecule has 1 aliphatic heterocycles. The second-order valence-electron chi connectivity index (χ2n) is 6.72. The maximum atomic E-state index is 11.7. The first-order valence-electron chi connectivity index (χ1n) is 9.24. The third-order valence-electron chi connectivity index (χ3n) is 5.01. The number of benzene rings is 1. The Balaban J connectivity index is 1.52. The Hall–Kier alpha value is -3.14. The van der Waals surface area contributed by atoms with Gasteiger partial charge >= 0.3 is 5.97 Å². The average Bonchev–Trinajstić information content (AvgIpc) is 3.16. The van der Waals surface area contributed by atoms with Crippen LogP contribution >= 0.6 is 11.3 Å². The minimum absolute atomic E-state index is 0.0725. The lowest BCUT2D eigenvalue weighted by molar-refractivity contribution is -0.146. The fourth-order valence-corrected chi connectivity index (χ4v) is 4.31. The summed E-state index contributed by atoms with van der Waals surface area (Å²) in [5.74, 6) is 1.73. The van der Waals surface area contributed by atoms with E-state index in [1.165, 1.54) is 24.8 Å². The van der Waals surface area contributed by atoms with Crippen molar-refractivity contribution in [1.29, 1.82) is 0 Å². The molecule has 2 aromatic heterocycles. The number of hydrogen-bond acceptors (Lipinski definition) is 10. The van der Waals surface area contributed by atoms with Crippen LogP contribution in [0.15, 0.2) is 24.5 Å². The van der Waals surface area contributed by atoms with E-state index in [0.717, 1.165) is 16.0 Å². The van der Waals surface area contributed by atoms with Gasteiger partial charge in [-0.05, 0) is 31.0 Å². The Morgan fingerprint density at radius 3 is 2.79 bits per heavy atom. The van der Waals surface area contributed by atoms with Crippen molar-refractivity contribution in [3.05, 3.63) is 24.5 Å². The van der Waals surface area contributed by atoms with Crippen molar-refractivity contribution >= 4 is 50.0 Å². The molecular weight excluding hydrogens is 392 g/mol. The van der Waals surface area contributed by atoms with Crippen molar-refractivity contribution < 1.29 is 14.3 Å². The zero-order valence-corrected chi connectivity index (χ0v) is 17.0. The molecule has 0 radical (unpaired) electrons. The molecule has 4 rings (SSSR count). The van der Waals surface area contributed by atoms with Gasteiger partial charge in [0.2, 0.25) is 0 Å². The average molecular weight is 414 g/mol. The van der Waals surface area contributed by atoms with Crippen LogP contribution in [0.3, 0.4) is 0 Å². The Kier molecular flexibility index (Phi) is 5.34. The van der Waals surface area contributed by atoms with Gasteiger partial charge in [-0.3, -0.25) is 4.79 Å². The highest BCUT2D eigenvalue weighted by Gasteiger charge is 2.27. The molecule has 0 saturated carbocycles. The molecule has 0 atom stereocenters. The molecule has 3 N–H and O–H groups in total. The minimum atomic E-state index is -0.157. The van der Waals surface area contributed by atoms with E-state index >= 15 is 0 Å². The predicted octanol–water partition coefficient (Wildman–Crippen LogP) is 2.81. The Labute approximate surface area is 171 Å². The van der Waals surface area contributed by atoms with Gasteiger partial charge in [-0.25, -0.2) is 15.0 Å². The van der Waals surface area contributed by atoms with Gasteiger partial charge in [0.1, 0.15) is 17.8 Å². The van der Waals surface area contributed by atoms with Crippen molar-refractivity contribution in [2.24, 2.45) is 5.92 Å². The quantitative estimate of drug-likeness (QED) is 0.608. The standard InChI is InChI=1S/C19H22N6O3S/c1-27-12-3-4-13-14(9-12)29-19(23-13)24-16-15(20)17(22-10-21-16)25-7-5-11(6-8-25)18(26)28-2/h3-4,9-11H,5-8,20H2,1-2H3,(H,21,22,23,24). The number of methoxy groups -OCH3 is 2. The topological polar surface area (TPSA) is 115 Å².